The quantitative estimate of drug-likeness (QED) is 0.652. The molecule has 0 spiro atoms. The molecule has 5 nitrogen and oxygen atoms in total. The molecule has 0 aliphatic heterocycles. The van der Waals surface area contributed by atoms with Crippen molar-refractivity contribution in [2.45, 2.75) is 18.9 Å². The fourth-order valence-corrected chi connectivity index (χ4v) is 2.82. The van der Waals surface area contributed by atoms with Gasteiger partial charge >= 0.3 is 6.03 Å². The highest BCUT2D eigenvalue weighted by atomic mass is 16.2. The molecule has 2 aromatic rings. The van der Waals surface area contributed by atoms with Crippen LogP contribution in [-0.2, 0) is 6.42 Å². The van der Waals surface area contributed by atoms with Gasteiger partial charge in [0, 0.05) is 17.1 Å². The van der Waals surface area contributed by atoms with Crippen molar-refractivity contribution in [2.24, 2.45) is 5.73 Å². The molecule has 2 amide bonds. The van der Waals surface area contributed by atoms with Crippen LogP contribution in [0.4, 0.5) is 21.9 Å². The first-order valence-electron chi connectivity index (χ1n) is 6.93. The molecule has 1 atom stereocenters. The Bertz CT molecular complexity index is 684. The number of fused-ring (bicyclic) bond motifs is 1. The Kier molecular flexibility index (Phi) is 3.39. The van der Waals surface area contributed by atoms with Gasteiger partial charge in [0.05, 0.1) is 6.04 Å². The maximum Gasteiger partial charge on any atom is 0.316 e. The maximum atomic E-state index is 10.9. The van der Waals surface area contributed by atoms with Crippen LogP contribution in [0.15, 0.2) is 42.5 Å². The van der Waals surface area contributed by atoms with Gasteiger partial charge in [0.2, 0.25) is 0 Å². The van der Waals surface area contributed by atoms with Gasteiger partial charge < -0.3 is 22.1 Å². The van der Waals surface area contributed by atoms with E-state index in [1.54, 1.807) is 6.07 Å². The lowest BCUT2D eigenvalue weighted by molar-refractivity contribution is 0.259. The minimum Gasteiger partial charge on any atom is -0.399 e. The second-order valence-electron chi connectivity index (χ2n) is 5.26. The number of nitrogens with one attached hydrogen (secondary N) is 2. The van der Waals surface area contributed by atoms with Crippen LogP contribution >= 0.6 is 0 Å². The fourth-order valence-electron chi connectivity index (χ4n) is 2.82. The second kappa shape index (κ2) is 5.36. The third kappa shape index (κ3) is 2.91. The number of aryl methyl sites for hydroxylation is 1. The number of anilines is 3. The van der Waals surface area contributed by atoms with Crippen molar-refractivity contribution in [3.63, 3.8) is 0 Å². The Hall–Kier alpha value is -2.69. The maximum absolute atomic E-state index is 10.9. The first-order valence-corrected chi connectivity index (χ1v) is 6.93. The molecular weight excluding hydrogens is 264 g/mol. The summed E-state index contributed by atoms with van der Waals surface area (Å²) in [4.78, 5) is 10.9. The smallest absolute Gasteiger partial charge is 0.316 e. The number of hydrogen-bond donors (Lipinski definition) is 4. The highest BCUT2D eigenvalue weighted by molar-refractivity contribution is 5.88. The number of carbonyl (C=O) groups is 1. The predicted octanol–water partition coefficient (Wildman–Crippen LogP) is 2.86. The molecule has 0 fully saturated rings. The zero-order valence-electron chi connectivity index (χ0n) is 11.6. The number of urea groups is 1. The van der Waals surface area contributed by atoms with E-state index in [0.717, 1.165) is 24.2 Å². The lowest BCUT2D eigenvalue weighted by Crippen LogP contribution is -2.19. The molecule has 0 radical (unpaired) electrons. The summed E-state index contributed by atoms with van der Waals surface area (Å²) in [5.41, 5.74) is 16.0. The molecule has 0 saturated carbocycles. The van der Waals surface area contributed by atoms with Crippen LogP contribution in [0.1, 0.15) is 23.6 Å². The van der Waals surface area contributed by atoms with E-state index in [0.29, 0.717) is 5.69 Å². The zero-order valence-corrected chi connectivity index (χ0v) is 11.6. The topological polar surface area (TPSA) is 93.2 Å². The second-order valence-corrected chi connectivity index (χ2v) is 5.26. The van der Waals surface area contributed by atoms with E-state index < -0.39 is 6.03 Å². The van der Waals surface area contributed by atoms with Crippen LogP contribution in [-0.4, -0.2) is 6.03 Å². The van der Waals surface area contributed by atoms with Crippen LogP contribution in [0, 0.1) is 0 Å². The van der Waals surface area contributed by atoms with Crippen molar-refractivity contribution in [1.82, 2.24) is 0 Å². The molecular formula is C16H18N4O. The molecule has 0 saturated heterocycles. The van der Waals surface area contributed by atoms with Crippen molar-refractivity contribution >= 4 is 23.1 Å². The average molecular weight is 282 g/mol. The van der Waals surface area contributed by atoms with Crippen molar-refractivity contribution in [2.75, 3.05) is 16.4 Å². The van der Waals surface area contributed by atoms with Crippen LogP contribution in [0.25, 0.3) is 0 Å². The average Bonchev–Trinajstić information content (AvgIpc) is 2.80. The summed E-state index contributed by atoms with van der Waals surface area (Å²) >= 11 is 0. The summed E-state index contributed by atoms with van der Waals surface area (Å²) in [5.74, 6) is 0. The number of nitrogens with two attached hydrogens (primary N) is 2. The number of primary amides is 1. The van der Waals surface area contributed by atoms with Gasteiger partial charge in [0.15, 0.2) is 0 Å². The van der Waals surface area contributed by atoms with Gasteiger partial charge in [-0.3, -0.25) is 0 Å². The van der Waals surface area contributed by atoms with E-state index in [-0.39, 0.29) is 6.04 Å². The minimum absolute atomic E-state index is 0.268. The van der Waals surface area contributed by atoms with Gasteiger partial charge in [0.25, 0.3) is 0 Å². The molecule has 3 rings (SSSR count). The summed E-state index contributed by atoms with van der Waals surface area (Å²) in [6, 6.07) is 13.3. The number of amides is 2. The lowest BCUT2D eigenvalue weighted by Gasteiger charge is -2.16. The molecule has 1 aliphatic carbocycles. The molecule has 0 aromatic heterocycles. The Labute approximate surface area is 123 Å². The van der Waals surface area contributed by atoms with Gasteiger partial charge in [0.1, 0.15) is 0 Å². The van der Waals surface area contributed by atoms with Gasteiger partial charge in [-0.05, 0) is 54.3 Å². The Morgan fingerprint density at radius 1 is 1.14 bits per heavy atom. The van der Waals surface area contributed by atoms with Crippen LogP contribution < -0.4 is 22.1 Å². The van der Waals surface area contributed by atoms with Gasteiger partial charge in [-0.2, -0.15) is 0 Å². The van der Waals surface area contributed by atoms with Crippen molar-refractivity contribution in [3.05, 3.63) is 53.6 Å². The first-order chi connectivity index (χ1) is 10.1. The third-order valence-electron chi connectivity index (χ3n) is 3.72. The van der Waals surface area contributed by atoms with Gasteiger partial charge in [-0.15, -0.1) is 0 Å². The summed E-state index contributed by atoms with van der Waals surface area (Å²) in [5, 5.41) is 6.08. The van der Waals surface area contributed by atoms with Crippen LogP contribution in [0.3, 0.4) is 0 Å². The van der Waals surface area contributed by atoms with E-state index in [2.05, 4.69) is 16.7 Å². The van der Waals surface area contributed by atoms with Gasteiger partial charge in [-0.25, -0.2) is 4.79 Å². The van der Waals surface area contributed by atoms with Gasteiger partial charge in [-0.1, -0.05) is 12.1 Å². The van der Waals surface area contributed by atoms with E-state index in [4.69, 9.17) is 11.5 Å². The predicted molar refractivity (Wildman–Crippen MR) is 85.2 cm³/mol. The molecule has 5 heteroatoms. The molecule has 1 unspecified atom stereocenters. The SMILES string of the molecule is NC(=O)Nc1cccc(NC2CCc3cc(N)ccc32)c1. The van der Waals surface area contributed by atoms with Crippen molar-refractivity contribution in [1.29, 1.82) is 0 Å². The molecule has 6 N–H and O–H groups in total. The largest absolute Gasteiger partial charge is 0.399 e. The van der Waals surface area contributed by atoms with Crippen molar-refractivity contribution < 1.29 is 4.79 Å². The molecule has 1 aliphatic rings. The van der Waals surface area contributed by atoms with E-state index >= 15 is 0 Å². The summed E-state index contributed by atoms with van der Waals surface area (Å²) in [7, 11) is 0. The normalized spacial score (nSPS) is 16.3. The monoisotopic (exact) mass is 282 g/mol. The number of benzene rings is 2. The van der Waals surface area contributed by atoms with E-state index in [9.17, 15) is 4.79 Å². The zero-order chi connectivity index (χ0) is 14.8. The Balaban J connectivity index is 1.78. The summed E-state index contributed by atoms with van der Waals surface area (Å²) in [6.45, 7) is 0. The van der Waals surface area contributed by atoms with E-state index in [1.807, 2.05) is 30.3 Å². The Morgan fingerprint density at radius 2 is 1.95 bits per heavy atom. The fraction of sp³-hybridized carbons (Fsp3) is 0.188. The van der Waals surface area contributed by atoms with E-state index in [1.165, 1.54) is 11.1 Å². The van der Waals surface area contributed by atoms with Crippen molar-refractivity contribution in [3.8, 4) is 0 Å². The molecule has 0 heterocycles. The highest BCUT2D eigenvalue weighted by Crippen LogP contribution is 2.35. The minimum atomic E-state index is -0.561. The summed E-state index contributed by atoms with van der Waals surface area (Å²) in [6.07, 6.45) is 2.06. The Morgan fingerprint density at radius 3 is 2.76 bits per heavy atom. The number of carbonyl (C=O) groups excluding carboxylic acids is 1. The first kappa shape index (κ1) is 13.3. The molecule has 21 heavy (non-hydrogen) atoms. The standard InChI is InChI=1S/C16H18N4O/c17-11-5-6-14-10(8-11)4-7-15(14)19-12-2-1-3-13(9-12)20-16(18)21/h1-3,5-6,8-9,15,19H,4,7,17H2,(H3,18,20,21). The van der Waals surface area contributed by atoms with Crippen LogP contribution in [0.5, 0.6) is 0 Å². The molecule has 0 bridgehead atoms. The van der Waals surface area contributed by atoms with Crippen LogP contribution in [0.2, 0.25) is 0 Å². The summed E-state index contributed by atoms with van der Waals surface area (Å²) < 4.78 is 0. The molecule has 2 aromatic carbocycles. The number of nitrogen functional groups attached to an aromatic ring is 1. The third-order valence-corrected chi connectivity index (χ3v) is 3.72. The number of hydrogen-bond acceptors (Lipinski definition) is 3. The lowest BCUT2D eigenvalue weighted by atomic mass is 10.1. The molecule has 108 valence electrons. The highest BCUT2D eigenvalue weighted by Gasteiger charge is 2.22. The number of rotatable bonds is 3.